The van der Waals surface area contributed by atoms with E-state index in [9.17, 15) is 27.5 Å². The van der Waals surface area contributed by atoms with Crippen LogP contribution < -0.4 is 4.74 Å². The minimum Gasteiger partial charge on any atom is -0.493 e. The number of methoxy groups -OCH3 is 1. The maximum atomic E-state index is 14.2. The number of rotatable bonds is 7. The third kappa shape index (κ3) is 4.86. The van der Waals surface area contributed by atoms with Crippen molar-refractivity contribution in [2.45, 2.75) is 37.5 Å². The summed E-state index contributed by atoms with van der Waals surface area (Å²) in [7, 11) is 1.21. The Labute approximate surface area is 192 Å². The van der Waals surface area contributed by atoms with Crippen LogP contribution >= 0.6 is 0 Å². The Morgan fingerprint density at radius 2 is 1.79 bits per heavy atom. The van der Waals surface area contributed by atoms with Crippen molar-refractivity contribution in [1.29, 1.82) is 0 Å². The van der Waals surface area contributed by atoms with E-state index in [1.54, 1.807) is 0 Å². The summed E-state index contributed by atoms with van der Waals surface area (Å²) >= 11 is 0. The third-order valence-corrected chi connectivity index (χ3v) is 5.45. The molecule has 0 aliphatic carbocycles. The van der Waals surface area contributed by atoms with Gasteiger partial charge in [0.2, 0.25) is 0 Å². The van der Waals surface area contributed by atoms with Gasteiger partial charge in [-0.1, -0.05) is 32.0 Å². The summed E-state index contributed by atoms with van der Waals surface area (Å²) in [6, 6.07) is 10.9. The first-order chi connectivity index (χ1) is 15.8. The lowest BCUT2D eigenvalue weighted by atomic mass is 9.74. The number of benzene rings is 2. The maximum absolute atomic E-state index is 14.2. The Morgan fingerprint density at radius 3 is 2.41 bits per heavy atom. The van der Waals surface area contributed by atoms with Gasteiger partial charge in [0.05, 0.1) is 18.3 Å². The molecule has 1 heterocycles. The van der Waals surface area contributed by atoms with E-state index < -0.39 is 35.4 Å². The molecule has 3 rings (SSSR count). The highest BCUT2D eigenvalue weighted by atomic mass is 19.4. The molecule has 0 saturated heterocycles. The lowest BCUT2D eigenvalue weighted by Crippen LogP contribution is -2.50. The highest BCUT2D eigenvalue weighted by Gasteiger charge is 2.55. The van der Waals surface area contributed by atoms with Crippen LogP contribution in [0.5, 0.6) is 5.75 Å². The molecule has 0 bridgehead atoms. The number of aliphatic hydroxyl groups is 1. The lowest BCUT2D eigenvalue weighted by Gasteiger charge is -2.36. The van der Waals surface area contributed by atoms with Crippen molar-refractivity contribution in [2.24, 2.45) is 4.99 Å². The molecule has 3 aromatic rings. The molecular formula is C24H22F4N2O4. The standard InChI is InChI=1S/C24H22F4N2O4/c1-22(2,15-6-4-7-16(25)20(15)34-3)12-23(33,24(26,27)28)13-29-17-8-5-9-18-14(17)10-11-19(30-18)21(31)32/h4-11,13,33H,12H2,1-3H3,(H,31,32). The lowest BCUT2D eigenvalue weighted by molar-refractivity contribution is -0.234. The monoisotopic (exact) mass is 478 g/mol. The van der Waals surface area contributed by atoms with Gasteiger partial charge in [0.15, 0.2) is 17.2 Å². The number of carboxylic acid groups (broad SMARTS) is 1. The topological polar surface area (TPSA) is 92.0 Å². The summed E-state index contributed by atoms with van der Waals surface area (Å²) < 4.78 is 61.4. The van der Waals surface area contributed by atoms with Crippen molar-refractivity contribution in [3.05, 3.63) is 65.6 Å². The maximum Gasteiger partial charge on any atom is 0.422 e. The zero-order valence-corrected chi connectivity index (χ0v) is 18.5. The Balaban J connectivity index is 2.04. The van der Waals surface area contributed by atoms with E-state index in [-0.39, 0.29) is 28.2 Å². The summed E-state index contributed by atoms with van der Waals surface area (Å²) in [4.78, 5) is 19.0. The van der Waals surface area contributed by atoms with Crippen LogP contribution in [0.25, 0.3) is 10.9 Å². The van der Waals surface area contributed by atoms with Crippen LogP contribution in [0.15, 0.2) is 53.5 Å². The molecule has 6 nitrogen and oxygen atoms in total. The van der Waals surface area contributed by atoms with Crippen molar-refractivity contribution in [2.75, 3.05) is 7.11 Å². The van der Waals surface area contributed by atoms with Crippen LogP contribution in [0.1, 0.15) is 36.3 Å². The van der Waals surface area contributed by atoms with Gasteiger partial charge in [-0.15, -0.1) is 0 Å². The van der Waals surface area contributed by atoms with Gasteiger partial charge in [-0.25, -0.2) is 14.2 Å². The molecule has 0 radical (unpaired) electrons. The molecule has 2 N–H and O–H groups in total. The molecule has 180 valence electrons. The Morgan fingerprint density at radius 1 is 1.12 bits per heavy atom. The van der Waals surface area contributed by atoms with E-state index in [1.807, 2.05) is 0 Å². The number of para-hydroxylation sites is 1. The van der Waals surface area contributed by atoms with Gasteiger partial charge in [0.25, 0.3) is 0 Å². The minimum atomic E-state index is -5.10. The van der Waals surface area contributed by atoms with E-state index >= 15 is 0 Å². The molecular weight excluding hydrogens is 456 g/mol. The van der Waals surface area contributed by atoms with E-state index in [1.165, 1.54) is 63.4 Å². The molecule has 0 aliphatic rings. The quantitative estimate of drug-likeness (QED) is 0.348. The van der Waals surface area contributed by atoms with Crippen molar-refractivity contribution >= 4 is 28.8 Å². The number of aliphatic imine (C=N–C) groups is 1. The summed E-state index contributed by atoms with van der Waals surface area (Å²) in [6.07, 6.45) is -5.58. The number of hydrogen-bond acceptors (Lipinski definition) is 5. The molecule has 2 aromatic carbocycles. The van der Waals surface area contributed by atoms with Crippen molar-refractivity contribution < 1.29 is 37.3 Å². The second-order valence-corrected chi connectivity index (χ2v) is 8.41. The summed E-state index contributed by atoms with van der Waals surface area (Å²) in [5.41, 5.74) is -4.54. The van der Waals surface area contributed by atoms with E-state index in [0.29, 0.717) is 11.6 Å². The zero-order chi connectivity index (χ0) is 25.3. The molecule has 1 atom stereocenters. The number of pyridine rings is 1. The molecule has 10 heteroatoms. The predicted octanol–water partition coefficient (Wildman–Crippen LogP) is 5.44. The Hall–Kier alpha value is -3.53. The van der Waals surface area contributed by atoms with Crippen LogP contribution in [0.2, 0.25) is 0 Å². The highest BCUT2D eigenvalue weighted by Crippen LogP contribution is 2.43. The zero-order valence-electron chi connectivity index (χ0n) is 18.5. The average Bonchev–Trinajstić information content (AvgIpc) is 2.76. The third-order valence-electron chi connectivity index (χ3n) is 5.45. The summed E-state index contributed by atoms with van der Waals surface area (Å²) in [6.45, 7) is 2.87. The predicted molar refractivity (Wildman–Crippen MR) is 118 cm³/mol. The van der Waals surface area contributed by atoms with Gasteiger partial charge in [0, 0.05) is 17.2 Å². The fourth-order valence-corrected chi connectivity index (χ4v) is 3.78. The number of carbonyl (C=O) groups is 1. The first-order valence-electron chi connectivity index (χ1n) is 10.1. The van der Waals surface area contributed by atoms with Crippen LogP contribution in [-0.4, -0.2) is 46.3 Å². The van der Waals surface area contributed by atoms with Crippen LogP contribution in [0.3, 0.4) is 0 Å². The van der Waals surface area contributed by atoms with Crippen molar-refractivity contribution in [3.8, 4) is 5.75 Å². The molecule has 0 saturated carbocycles. The molecule has 0 fully saturated rings. The van der Waals surface area contributed by atoms with Crippen molar-refractivity contribution in [3.63, 3.8) is 0 Å². The minimum absolute atomic E-state index is 0.0609. The van der Waals surface area contributed by atoms with Crippen LogP contribution in [0.4, 0.5) is 23.2 Å². The van der Waals surface area contributed by atoms with Gasteiger partial charge in [-0.05, 0) is 42.2 Å². The molecule has 34 heavy (non-hydrogen) atoms. The second kappa shape index (κ2) is 9.02. The first-order valence-corrected chi connectivity index (χ1v) is 10.1. The average molecular weight is 478 g/mol. The van der Waals surface area contributed by atoms with E-state index in [4.69, 9.17) is 9.84 Å². The largest absolute Gasteiger partial charge is 0.493 e. The first kappa shape index (κ1) is 25.1. The number of fused-ring (bicyclic) bond motifs is 1. The van der Waals surface area contributed by atoms with Crippen molar-refractivity contribution in [1.82, 2.24) is 4.98 Å². The number of hydrogen-bond donors (Lipinski definition) is 2. The van der Waals surface area contributed by atoms with Gasteiger partial charge in [-0.3, -0.25) is 4.99 Å². The van der Waals surface area contributed by atoms with Crippen LogP contribution in [-0.2, 0) is 5.41 Å². The molecule has 0 amide bonds. The Bertz CT molecular complexity index is 1260. The number of aromatic nitrogens is 1. The Kier molecular flexibility index (Phi) is 6.66. The SMILES string of the molecule is COc1c(F)cccc1C(C)(C)CC(O)(C=Nc1cccc2nc(C(=O)O)ccc12)C(F)(F)F. The van der Waals surface area contributed by atoms with Gasteiger partial charge < -0.3 is 14.9 Å². The number of nitrogens with zero attached hydrogens (tertiary/aromatic N) is 2. The number of ether oxygens (including phenoxy) is 1. The molecule has 1 aromatic heterocycles. The fourth-order valence-electron chi connectivity index (χ4n) is 3.78. The number of alkyl halides is 3. The number of aromatic carboxylic acids is 1. The van der Waals surface area contributed by atoms with E-state index in [2.05, 4.69) is 9.98 Å². The smallest absolute Gasteiger partial charge is 0.422 e. The van der Waals surface area contributed by atoms with Gasteiger partial charge >= 0.3 is 12.1 Å². The van der Waals surface area contributed by atoms with Crippen LogP contribution in [0, 0.1) is 5.82 Å². The number of carboxylic acids is 1. The highest BCUT2D eigenvalue weighted by molar-refractivity contribution is 5.95. The summed E-state index contributed by atoms with van der Waals surface area (Å²) in [5.74, 6) is -2.19. The molecule has 0 aliphatic heterocycles. The molecule has 1 unspecified atom stereocenters. The van der Waals surface area contributed by atoms with Gasteiger partial charge in [0.1, 0.15) is 5.69 Å². The second-order valence-electron chi connectivity index (χ2n) is 8.41. The summed E-state index contributed by atoms with van der Waals surface area (Å²) in [5, 5.41) is 20.1. The normalized spacial score (nSPS) is 14.4. The number of halogens is 4. The van der Waals surface area contributed by atoms with Gasteiger partial charge in [-0.2, -0.15) is 13.2 Å². The molecule has 0 spiro atoms. The van der Waals surface area contributed by atoms with E-state index in [0.717, 1.165) is 6.07 Å². The fraction of sp³-hybridized carbons (Fsp3) is 0.292.